The van der Waals surface area contributed by atoms with Crippen molar-refractivity contribution in [2.24, 2.45) is 0 Å². The minimum absolute atomic E-state index is 0.0303. The van der Waals surface area contributed by atoms with Crippen LogP contribution >= 0.6 is 0 Å². The molecule has 1 aliphatic heterocycles. The lowest BCUT2D eigenvalue weighted by Crippen LogP contribution is -2.31. The van der Waals surface area contributed by atoms with E-state index < -0.39 is 16.8 Å². The van der Waals surface area contributed by atoms with Gasteiger partial charge < -0.3 is 10.1 Å². The van der Waals surface area contributed by atoms with E-state index in [-0.39, 0.29) is 28.6 Å². The van der Waals surface area contributed by atoms with Gasteiger partial charge in [0.05, 0.1) is 16.2 Å². The maximum Gasteiger partial charge on any atom is 0.343 e. The number of hydrogen-bond acceptors (Lipinski definition) is 7. The fraction of sp³-hybridized carbons (Fsp3) is 0.138. The number of nitro groups is 1. The number of ketones is 2. The number of benzene rings is 3. The van der Waals surface area contributed by atoms with Crippen molar-refractivity contribution in [2.75, 3.05) is 0 Å². The van der Waals surface area contributed by atoms with Crippen molar-refractivity contribution in [1.82, 2.24) is 5.32 Å². The van der Waals surface area contributed by atoms with E-state index in [9.17, 15) is 24.5 Å². The van der Waals surface area contributed by atoms with Gasteiger partial charge in [-0.3, -0.25) is 19.7 Å². The van der Waals surface area contributed by atoms with Gasteiger partial charge in [-0.25, -0.2) is 4.79 Å². The van der Waals surface area contributed by atoms with Crippen LogP contribution in [0.4, 0.5) is 5.69 Å². The summed E-state index contributed by atoms with van der Waals surface area (Å²) in [7, 11) is 0. The minimum atomic E-state index is -0.650. The molecule has 0 spiro atoms. The maximum absolute atomic E-state index is 13.5. The highest BCUT2D eigenvalue weighted by atomic mass is 16.6. The Labute approximate surface area is 211 Å². The quantitative estimate of drug-likeness (QED) is 0.233. The second-order valence-corrected chi connectivity index (χ2v) is 9.15. The zero-order valence-electron chi connectivity index (χ0n) is 19.5. The van der Waals surface area contributed by atoms with Crippen molar-refractivity contribution >= 4 is 28.9 Å². The average Bonchev–Trinajstić information content (AvgIpc) is 3.20. The predicted molar refractivity (Wildman–Crippen MR) is 134 cm³/mol. The number of nitrogens with one attached hydrogen (secondary N) is 1. The number of carbonyl (C=O) groups excluding carboxylic acids is 3. The van der Waals surface area contributed by atoms with Gasteiger partial charge in [0, 0.05) is 52.4 Å². The fourth-order valence-corrected chi connectivity index (χ4v) is 5.28. The van der Waals surface area contributed by atoms with E-state index in [1.165, 1.54) is 24.3 Å². The van der Waals surface area contributed by atoms with Crippen molar-refractivity contribution in [2.45, 2.75) is 25.2 Å². The first-order chi connectivity index (χ1) is 17.9. The van der Waals surface area contributed by atoms with Crippen LogP contribution in [0.15, 0.2) is 89.6 Å². The number of rotatable bonds is 4. The zero-order chi connectivity index (χ0) is 25.7. The summed E-state index contributed by atoms with van der Waals surface area (Å²) in [6.07, 6.45) is 1.93. The summed E-state index contributed by atoms with van der Waals surface area (Å²) in [4.78, 5) is 49.4. The van der Waals surface area contributed by atoms with Gasteiger partial charge in [-0.15, -0.1) is 0 Å². The number of carbonyl (C=O) groups is 3. The van der Waals surface area contributed by atoms with Gasteiger partial charge in [0.25, 0.3) is 5.69 Å². The fourth-order valence-electron chi connectivity index (χ4n) is 5.28. The molecule has 3 aromatic carbocycles. The summed E-state index contributed by atoms with van der Waals surface area (Å²) >= 11 is 0. The summed E-state index contributed by atoms with van der Waals surface area (Å²) < 4.78 is 5.45. The van der Waals surface area contributed by atoms with Crippen LogP contribution in [0.25, 0.3) is 5.70 Å². The van der Waals surface area contributed by atoms with E-state index >= 15 is 0 Å². The number of fused-ring (bicyclic) bond motifs is 2. The molecule has 8 heteroatoms. The molecule has 37 heavy (non-hydrogen) atoms. The Kier molecular flexibility index (Phi) is 5.30. The summed E-state index contributed by atoms with van der Waals surface area (Å²) in [6.45, 7) is 0. The van der Waals surface area contributed by atoms with E-state index in [1.807, 2.05) is 18.2 Å². The van der Waals surface area contributed by atoms with Crippen molar-refractivity contribution in [3.8, 4) is 5.75 Å². The predicted octanol–water partition coefficient (Wildman–Crippen LogP) is 5.12. The molecular weight excluding hydrogens is 472 g/mol. The Bertz CT molecular complexity index is 1560. The molecular formula is C29H20N2O6. The Hall–Kier alpha value is -4.85. The lowest BCUT2D eigenvalue weighted by atomic mass is 9.75. The maximum atomic E-state index is 13.5. The smallest absolute Gasteiger partial charge is 0.343 e. The van der Waals surface area contributed by atoms with Crippen LogP contribution in [0.3, 0.4) is 0 Å². The monoisotopic (exact) mass is 492 g/mol. The van der Waals surface area contributed by atoms with Crippen LogP contribution in [0.1, 0.15) is 57.0 Å². The standard InChI is InChI=1S/C29H20N2O6/c32-23-7-3-6-22-25(23)24(26-27(30-22)20-4-1-2-5-21(20)28(26)33)16-10-14-19(15-11-16)37-29(34)17-8-12-18(13-9-17)31(35)36/h1-2,4-5,8-15,24,30H,3,6-7H2/t24-/m0/s1. The molecule has 1 heterocycles. The third-order valence-electron chi connectivity index (χ3n) is 7.00. The molecule has 182 valence electrons. The normalized spacial score (nSPS) is 18.1. The van der Waals surface area contributed by atoms with Crippen LogP contribution in [-0.2, 0) is 4.79 Å². The SMILES string of the molecule is O=C1CCCC2=C1[C@H](c1ccc(OC(=O)c3ccc([N+](=O)[O-])cc3)cc1)C1=C(N2)c2ccccc2C1=O. The summed E-state index contributed by atoms with van der Waals surface area (Å²) in [5.74, 6) is -0.952. The molecule has 6 rings (SSSR count). The largest absolute Gasteiger partial charge is 0.423 e. The molecule has 8 nitrogen and oxygen atoms in total. The number of allylic oxidation sites excluding steroid dienone is 3. The van der Waals surface area contributed by atoms with Gasteiger partial charge in [0.2, 0.25) is 0 Å². The number of hydrogen-bond donors (Lipinski definition) is 1. The number of Topliss-reactive ketones (excluding diaryl/α,β-unsaturated/α-hetero) is 2. The van der Waals surface area contributed by atoms with Gasteiger partial charge in [0.15, 0.2) is 11.6 Å². The molecule has 3 aliphatic rings. The van der Waals surface area contributed by atoms with E-state index in [1.54, 1.807) is 30.3 Å². The summed E-state index contributed by atoms with van der Waals surface area (Å²) in [6, 6.07) is 19.4. The van der Waals surface area contributed by atoms with E-state index in [0.717, 1.165) is 35.4 Å². The Morgan fingerprint density at radius 2 is 1.59 bits per heavy atom. The Morgan fingerprint density at radius 1 is 0.892 bits per heavy atom. The lowest BCUT2D eigenvalue weighted by molar-refractivity contribution is -0.384. The number of nitro benzene ring substituents is 1. The number of non-ortho nitro benzene ring substituents is 1. The van der Waals surface area contributed by atoms with Gasteiger partial charge in [-0.05, 0) is 42.7 Å². The molecule has 0 unspecified atom stereocenters. The second-order valence-electron chi connectivity index (χ2n) is 9.15. The number of ether oxygens (including phenoxy) is 1. The van der Waals surface area contributed by atoms with Crippen molar-refractivity contribution in [3.63, 3.8) is 0 Å². The van der Waals surface area contributed by atoms with Crippen molar-refractivity contribution in [3.05, 3.63) is 122 Å². The van der Waals surface area contributed by atoms with Gasteiger partial charge in [-0.2, -0.15) is 0 Å². The van der Waals surface area contributed by atoms with E-state index in [2.05, 4.69) is 5.32 Å². The first kappa shape index (κ1) is 22.6. The molecule has 0 aromatic heterocycles. The van der Waals surface area contributed by atoms with Crippen LogP contribution in [0.5, 0.6) is 5.75 Å². The van der Waals surface area contributed by atoms with Gasteiger partial charge >= 0.3 is 5.97 Å². The average molecular weight is 492 g/mol. The molecule has 3 aromatic rings. The summed E-state index contributed by atoms with van der Waals surface area (Å²) in [5, 5.41) is 14.2. The third kappa shape index (κ3) is 3.74. The van der Waals surface area contributed by atoms with Crippen LogP contribution in [0, 0.1) is 10.1 Å². The molecule has 0 fully saturated rings. The van der Waals surface area contributed by atoms with Crippen molar-refractivity contribution < 1.29 is 24.0 Å². The minimum Gasteiger partial charge on any atom is -0.423 e. The third-order valence-corrected chi connectivity index (χ3v) is 7.00. The molecule has 0 bridgehead atoms. The first-order valence-corrected chi connectivity index (χ1v) is 11.9. The molecule has 0 radical (unpaired) electrons. The number of nitrogens with zero attached hydrogens (tertiary/aromatic N) is 1. The molecule has 2 aliphatic carbocycles. The zero-order valence-corrected chi connectivity index (χ0v) is 19.5. The second kappa shape index (κ2) is 8.67. The number of dihydropyridines is 1. The summed E-state index contributed by atoms with van der Waals surface area (Å²) in [5.41, 5.74) is 5.08. The highest BCUT2D eigenvalue weighted by molar-refractivity contribution is 6.23. The van der Waals surface area contributed by atoms with Crippen LogP contribution in [0.2, 0.25) is 0 Å². The molecule has 1 atom stereocenters. The van der Waals surface area contributed by atoms with E-state index in [0.29, 0.717) is 23.1 Å². The van der Waals surface area contributed by atoms with Gasteiger partial charge in [0.1, 0.15) is 5.75 Å². The lowest BCUT2D eigenvalue weighted by Gasteiger charge is -2.33. The highest BCUT2D eigenvalue weighted by Gasteiger charge is 2.43. The first-order valence-electron chi connectivity index (χ1n) is 11.9. The topological polar surface area (TPSA) is 116 Å². The van der Waals surface area contributed by atoms with Crippen LogP contribution in [-0.4, -0.2) is 22.5 Å². The Balaban J connectivity index is 1.33. The molecule has 0 saturated heterocycles. The highest BCUT2D eigenvalue weighted by Crippen LogP contribution is 2.48. The number of esters is 1. The molecule has 1 N–H and O–H groups in total. The van der Waals surface area contributed by atoms with Crippen LogP contribution < -0.4 is 10.1 Å². The molecule has 0 saturated carbocycles. The van der Waals surface area contributed by atoms with Crippen molar-refractivity contribution in [1.29, 1.82) is 0 Å². The molecule has 0 amide bonds. The Morgan fingerprint density at radius 3 is 2.30 bits per heavy atom. The van der Waals surface area contributed by atoms with Gasteiger partial charge in [-0.1, -0.05) is 36.4 Å². The van der Waals surface area contributed by atoms with E-state index in [4.69, 9.17) is 4.74 Å².